The standard InChI is InChI=1S/C18H27NO5/c1-17(2,3)15(21)23-13-9-11(7-8-12(13)20)14(10-19)24-16(22)18(4,5)6/h7-9,14,20H,10,19H2,1-6H3/t14-/m1/s1. The largest absolute Gasteiger partial charge is 0.504 e. The molecule has 0 fully saturated rings. The molecule has 0 radical (unpaired) electrons. The monoisotopic (exact) mass is 337 g/mol. The van der Waals surface area contributed by atoms with Crippen molar-refractivity contribution in [3.05, 3.63) is 23.8 Å². The zero-order chi connectivity index (χ0) is 18.7. The molecule has 6 heteroatoms. The zero-order valence-corrected chi connectivity index (χ0v) is 15.2. The number of esters is 2. The van der Waals surface area contributed by atoms with E-state index in [0.29, 0.717) is 5.56 Å². The van der Waals surface area contributed by atoms with Crippen LogP contribution >= 0.6 is 0 Å². The van der Waals surface area contributed by atoms with E-state index in [2.05, 4.69) is 0 Å². The number of ether oxygens (including phenoxy) is 2. The summed E-state index contributed by atoms with van der Waals surface area (Å²) < 4.78 is 10.7. The number of carbonyl (C=O) groups excluding carboxylic acids is 2. The van der Waals surface area contributed by atoms with Crippen molar-refractivity contribution in [2.24, 2.45) is 16.6 Å². The highest BCUT2D eigenvalue weighted by molar-refractivity contribution is 5.78. The van der Waals surface area contributed by atoms with Gasteiger partial charge in [0, 0.05) is 6.54 Å². The summed E-state index contributed by atoms with van der Waals surface area (Å²) in [5, 5.41) is 9.90. The highest BCUT2D eigenvalue weighted by Crippen LogP contribution is 2.32. The highest BCUT2D eigenvalue weighted by atomic mass is 16.5. The second kappa shape index (κ2) is 7.21. The van der Waals surface area contributed by atoms with Crippen molar-refractivity contribution >= 4 is 11.9 Å². The smallest absolute Gasteiger partial charge is 0.316 e. The second-order valence-corrected chi connectivity index (χ2v) is 7.75. The Labute approximate surface area is 142 Å². The molecule has 0 heterocycles. The first-order chi connectivity index (χ1) is 10.9. The van der Waals surface area contributed by atoms with Crippen LogP contribution in [0.2, 0.25) is 0 Å². The number of aromatic hydroxyl groups is 1. The van der Waals surface area contributed by atoms with Gasteiger partial charge < -0.3 is 20.3 Å². The van der Waals surface area contributed by atoms with E-state index < -0.39 is 22.9 Å². The first-order valence-corrected chi connectivity index (χ1v) is 7.82. The van der Waals surface area contributed by atoms with Crippen molar-refractivity contribution in [3.63, 3.8) is 0 Å². The van der Waals surface area contributed by atoms with E-state index in [9.17, 15) is 14.7 Å². The predicted octanol–water partition coefficient (Wildman–Crippen LogP) is 2.93. The minimum atomic E-state index is -0.714. The Kier molecular flexibility index (Phi) is 6.00. The summed E-state index contributed by atoms with van der Waals surface area (Å²) >= 11 is 0. The van der Waals surface area contributed by atoms with Crippen molar-refractivity contribution in [2.75, 3.05) is 6.54 Å². The second-order valence-electron chi connectivity index (χ2n) is 7.75. The molecule has 0 saturated heterocycles. The Balaban J connectivity index is 3.05. The van der Waals surface area contributed by atoms with Crippen LogP contribution in [-0.2, 0) is 14.3 Å². The maximum atomic E-state index is 12.1. The molecule has 1 rings (SSSR count). The fraction of sp³-hybridized carbons (Fsp3) is 0.556. The lowest BCUT2D eigenvalue weighted by Gasteiger charge is -2.23. The van der Waals surface area contributed by atoms with Crippen LogP contribution in [0.4, 0.5) is 0 Å². The highest BCUT2D eigenvalue weighted by Gasteiger charge is 2.28. The molecule has 134 valence electrons. The number of carbonyl (C=O) groups is 2. The molecule has 0 spiro atoms. The quantitative estimate of drug-likeness (QED) is 0.647. The molecule has 24 heavy (non-hydrogen) atoms. The molecule has 0 aliphatic carbocycles. The number of hydrogen-bond donors (Lipinski definition) is 2. The summed E-state index contributed by atoms with van der Waals surface area (Å²) in [6.07, 6.45) is -0.690. The van der Waals surface area contributed by atoms with Crippen LogP contribution in [0.25, 0.3) is 0 Å². The van der Waals surface area contributed by atoms with Crippen molar-refractivity contribution in [3.8, 4) is 11.5 Å². The van der Waals surface area contributed by atoms with Gasteiger partial charge in [0.25, 0.3) is 0 Å². The number of rotatable bonds is 4. The molecule has 1 atom stereocenters. The van der Waals surface area contributed by atoms with Gasteiger partial charge in [-0.2, -0.15) is 0 Å². The molecule has 0 bridgehead atoms. The van der Waals surface area contributed by atoms with Gasteiger partial charge in [-0.3, -0.25) is 9.59 Å². The van der Waals surface area contributed by atoms with E-state index >= 15 is 0 Å². The fourth-order valence-electron chi connectivity index (χ4n) is 1.62. The minimum Gasteiger partial charge on any atom is -0.504 e. The van der Waals surface area contributed by atoms with E-state index in [4.69, 9.17) is 15.2 Å². The topological polar surface area (TPSA) is 98.9 Å². The Bertz CT molecular complexity index is 611. The summed E-state index contributed by atoms with van der Waals surface area (Å²) in [4.78, 5) is 24.1. The molecule has 1 aromatic carbocycles. The van der Waals surface area contributed by atoms with Gasteiger partial charge in [-0.25, -0.2) is 0 Å². The van der Waals surface area contributed by atoms with Gasteiger partial charge in [0.1, 0.15) is 6.10 Å². The van der Waals surface area contributed by atoms with E-state index in [1.165, 1.54) is 12.1 Å². The van der Waals surface area contributed by atoms with Crippen LogP contribution in [0, 0.1) is 10.8 Å². The molecule has 0 aliphatic rings. The molecular weight excluding hydrogens is 310 g/mol. The predicted molar refractivity (Wildman–Crippen MR) is 90.5 cm³/mol. The third-order valence-corrected chi connectivity index (χ3v) is 3.25. The lowest BCUT2D eigenvalue weighted by Crippen LogP contribution is -2.28. The summed E-state index contributed by atoms with van der Waals surface area (Å²) in [6, 6.07) is 4.43. The molecule has 6 nitrogen and oxygen atoms in total. The van der Waals surface area contributed by atoms with Gasteiger partial charge in [-0.05, 0) is 59.2 Å². The number of nitrogens with two attached hydrogens (primary N) is 1. The number of phenols is 1. The lowest BCUT2D eigenvalue weighted by atomic mass is 9.97. The van der Waals surface area contributed by atoms with Crippen molar-refractivity contribution in [1.82, 2.24) is 0 Å². The van der Waals surface area contributed by atoms with Crippen LogP contribution in [0.15, 0.2) is 18.2 Å². The van der Waals surface area contributed by atoms with Gasteiger partial charge in [0.2, 0.25) is 0 Å². The summed E-state index contributed by atoms with van der Waals surface area (Å²) in [5.74, 6) is -1.03. The van der Waals surface area contributed by atoms with E-state index in [0.717, 1.165) is 0 Å². The van der Waals surface area contributed by atoms with Gasteiger partial charge in [0.15, 0.2) is 11.5 Å². The van der Waals surface area contributed by atoms with Crippen LogP contribution in [-0.4, -0.2) is 23.6 Å². The summed E-state index contributed by atoms with van der Waals surface area (Å²) in [7, 11) is 0. The summed E-state index contributed by atoms with van der Waals surface area (Å²) in [5.41, 5.74) is 4.88. The van der Waals surface area contributed by atoms with Gasteiger partial charge in [-0.15, -0.1) is 0 Å². The Morgan fingerprint density at radius 1 is 1.08 bits per heavy atom. The maximum Gasteiger partial charge on any atom is 0.316 e. The number of hydrogen-bond acceptors (Lipinski definition) is 6. The number of benzene rings is 1. The summed E-state index contributed by atoms with van der Waals surface area (Å²) in [6.45, 7) is 10.4. The Morgan fingerprint density at radius 2 is 1.62 bits per heavy atom. The van der Waals surface area contributed by atoms with Crippen molar-refractivity contribution in [2.45, 2.75) is 47.6 Å². The van der Waals surface area contributed by atoms with Crippen LogP contribution in [0.5, 0.6) is 11.5 Å². The Morgan fingerprint density at radius 3 is 2.08 bits per heavy atom. The normalized spacial score (nSPS) is 13.3. The van der Waals surface area contributed by atoms with E-state index in [-0.39, 0.29) is 24.0 Å². The van der Waals surface area contributed by atoms with Crippen LogP contribution in [0.3, 0.4) is 0 Å². The number of phenolic OH excluding ortho intramolecular Hbond substituents is 1. The molecule has 1 aromatic rings. The minimum absolute atomic E-state index is 0.0117. The van der Waals surface area contributed by atoms with Gasteiger partial charge >= 0.3 is 11.9 Å². The molecule has 0 amide bonds. The van der Waals surface area contributed by atoms with Crippen molar-refractivity contribution in [1.29, 1.82) is 0 Å². The first kappa shape index (κ1) is 20.0. The molecular formula is C18H27NO5. The third kappa shape index (κ3) is 5.23. The first-order valence-electron chi connectivity index (χ1n) is 7.82. The molecule has 0 aromatic heterocycles. The maximum absolute atomic E-state index is 12.1. The average molecular weight is 337 g/mol. The zero-order valence-electron chi connectivity index (χ0n) is 15.2. The van der Waals surface area contributed by atoms with Crippen LogP contribution in [0.1, 0.15) is 53.2 Å². The molecule has 0 unspecified atom stereocenters. The SMILES string of the molecule is CC(C)(C)C(=O)Oc1cc([C@@H](CN)OC(=O)C(C)(C)C)ccc1O. The van der Waals surface area contributed by atoms with Gasteiger partial charge in [-0.1, -0.05) is 6.07 Å². The van der Waals surface area contributed by atoms with E-state index in [1.807, 2.05) is 0 Å². The Hall–Kier alpha value is -2.08. The third-order valence-electron chi connectivity index (χ3n) is 3.25. The molecule has 0 saturated carbocycles. The van der Waals surface area contributed by atoms with Crippen LogP contribution < -0.4 is 10.5 Å². The fourth-order valence-corrected chi connectivity index (χ4v) is 1.62. The van der Waals surface area contributed by atoms with Crippen molar-refractivity contribution < 1.29 is 24.2 Å². The average Bonchev–Trinajstić information content (AvgIpc) is 2.44. The van der Waals surface area contributed by atoms with Gasteiger partial charge in [0.05, 0.1) is 10.8 Å². The molecule has 0 aliphatic heterocycles. The lowest BCUT2D eigenvalue weighted by molar-refractivity contribution is -0.158. The van der Waals surface area contributed by atoms with E-state index in [1.54, 1.807) is 47.6 Å². The molecule has 3 N–H and O–H groups in total.